The van der Waals surface area contributed by atoms with Gasteiger partial charge in [0.05, 0.1) is 6.10 Å². The maximum Gasteiger partial charge on any atom is 0.231 e. The minimum absolute atomic E-state index is 0.322. The summed E-state index contributed by atoms with van der Waals surface area (Å²) < 4.78 is 10.8. The van der Waals surface area contributed by atoms with Gasteiger partial charge in [-0.25, -0.2) is 0 Å². The second-order valence-electron chi connectivity index (χ2n) is 7.15. The number of rotatable bonds is 5. The van der Waals surface area contributed by atoms with Crippen LogP contribution in [0.1, 0.15) is 27.0 Å². The minimum Gasteiger partial charge on any atom is -0.454 e. The van der Waals surface area contributed by atoms with Crippen LogP contribution in [0.2, 0.25) is 0 Å². The second-order valence-corrected chi connectivity index (χ2v) is 8.61. The van der Waals surface area contributed by atoms with Gasteiger partial charge in [0.25, 0.3) is 0 Å². The van der Waals surface area contributed by atoms with Crippen molar-refractivity contribution in [1.29, 1.82) is 0 Å². The van der Waals surface area contributed by atoms with E-state index in [2.05, 4.69) is 41.8 Å². The van der Waals surface area contributed by atoms with Crippen molar-refractivity contribution in [2.45, 2.75) is 26.5 Å². The normalized spacial score (nSPS) is 19.0. The first-order valence-electron chi connectivity index (χ1n) is 9.17. The Morgan fingerprint density at radius 3 is 2.50 bits per heavy atom. The molecule has 5 nitrogen and oxygen atoms in total. The lowest BCUT2D eigenvalue weighted by molar-refractivity contribution is 0.0700. The van der Waals surface area contributed by atoms with Crippen molar-refractivity contribution in [3.63, 3.8) is 0 Å². The molecule has 0 bridgehead atoms. The van der Waals surface area contributed by atoms with E-state index >= 15 is 0 Å². The Labute approximate surface area is 158 Å². The summed E-state index contributed by atoms with van der Waals surface area (Å²) in [5.74, 6) is 1.69. The lowest BCUT2D eigenvalue weighted by Crippen LogP contribution is -2.47. The largest absolute Gasteiger partial charge is 0.454 e. The van der Waals surface area contributed by atoms with Crippen molar-refractivity contribution in [2.75, 3.05) is 39.5 Å². The smallest absolute Gasteiger partial charge is 0.231 e. The molecule has 1 unspecified atom stereocenters. The van der Waals surface area contributed by atoms with Crippen LogP contribution in [-0.2, 0) is 6.54 Å². The number of fused-ring (bicyclic) bond motifs is 1. The Balaban J connectivity index is 1.28. The van der Waals surface area contributed by atoms with Crippen molar-refractivity contribution in [2.24, 2.45) is 0 Å². The van der Waals surface area contributed by atoms with E-state index in [4.69, 9.17) is 9.47 Å². The second kappa shape index (κ2) is 7.56. The number of aliphatic hydroxyl groups is 1. The molecule has 140 valence electrons. The van der Waals surface area contributed by atoms with Crippen molar-refractivity contribution >= 4 is 11.3 Å². The van der Waals surface area contributed by atoms with Crippen molar-refractivity contribution in [3.05, 3.63) is 45.1 Å². The summed E-state index contributed by atoms with van der Waals surface area (Å²) in [6, 6.07) is 8.32. The summed E-state index contributed by atoms with van der Waals surface area (Å²) in [7, 11) is 0. The minimum atomic E-state index is -0.389. The third kappa shape index (κ3) is 3.88. The van der Waals surface area contributed by atoms with Gasteiger partial charge >= 0.3 is 0 Å². The highest BCUT2D eigenvalue weighted by molar-refractivity contribution is 7.12. The molecule has 4 rings (SSSR count). The zero-order valence-electron chi connectivity index (χ0n) is 15.4. The Bertz CT molecular complexity index is 768. The van der Waals surface area contributed by atoms with Gasteiger partial charge in [-0.15, -0.1) is 11.3 Å². The maximum absolute atomic E-state index is 10.6. The topological polar surface area (TPSA) is 45.2 Å². The van der Waals surface area contributed by atoms with Crippen LogP contribution in [0.25, 0.3) is 0 Å². The molecule has 3 heterocycles. The number of piperazine rings is 1. The molecule has 1 aromatic heterocycles. The van der Waals surface area contributed by atoms with E-state index in [0.29, 0.717) is 6.79 Å². The SMILES string of the molecule is Cc1cc(C(O)CN2CCN(Cc3ccc4c(c3)OCO4)CC2)c(C)s1. The van der Waals surface area contributed by atoms with E-state index in [-0.39, 0.29) is 6.10 Å². The van der Waals surface area contributed by atoms with E-state index in [1.54, 1.807) is 11.3 Å². The molecule has 1 aromatic carbocycles. The number of hydrogen-bond acceptors (Lipinski definition) is 6. The number of thiophene rings is 1. The standard InChI is InChI=1S/C20H26N2O3S/c1-14-9-17(15(2)26-14)18(23)12-22-7-5-21(6-8-22)11-16-3-4-19-20(10-16)25-13-24-19/h3-4,9-10,18,23H,5-8,11-13H2,1-2H3. The summed E-state index contributed by atoms with van der Waals surface area (Å²) in [5.41, 5.74) is 2.35. The molecule has 1 N–H and O–H groups in total. The third-order valence-corrected chi connectivity index (χ3v) is 6.16. The fourth-order valence-electron chi connectivity index (χ4n) is 3.75. The van der Waals surface area contributed by atoms with Gasteiger partial charge in [-0.2, -0.15) is 0 Å². The van der Waals surface area contributed by atoms with Crippen LogP contribution in [0.15, 0.2) is 24.3 Å². The van der Waals surface area contributed by atoms with E-state index in [0.717, 1.165) is 56.3 Å². The van der Waals surface area contributed by atoms with Gasteiger partial charge in [0.1, 0.15) is 0 Å². The quantitative estimate of drug-likeness (QED) is 0.872. The first kappa shape index (κ1) is 17.8. The Hall–Kier alpha value is -1.60. The number of aryl methyl sites for hydroxylation is 2. The van der Waals surface area contributed by atoms with Gasteiger partial charge in [0, 0.05) is 49.0 Å². The van der Waals surface area contributed by atoms with Crippen molar-refractivity contribution < 1.29 is 14.6 Å². The van der Waals surface area contributed by atoms with Gasteiger partial charge in [0.2, 0.25) is 6.79 Å². The highest BCUT2D eigenvalue weighted by Crippen LogP contribution is 2.33. The Morgan fingerprint density at radius 1 is 1.04 bits per heavy atom. The third-order valence-electron chi connectivity index (χ3n) is 5.18. The molecule has 6 heteroatoms. The molecule has 2 aliphatic rings. The zero-order chi connectivity index (χ0) is 18.1. The number of ether oxygens (including phenoxy) is 2. The van der Waals surface area contributed by atoms with Gasteiger partial charge in [-0.3, -0.25) is 9.80 Å². The van der Waals surface area contributed by atoms with Crippen LogP contribution in [0.5, 0.6) is 11.5 Å². The molecular formula is C20H26N2O3S. The van der Waals surface area contributed by atoms with Crippen molar-refractivity contribution in [1.82, 2.24) is 9.80 Å². The lowest BCUT2D eigenvalue weighted by atomic mass is 10.1. The highest BCUT2D eigenvalue weighted by atomic mass is 32.1. The fraction of sp³-hybridized carbons (Fsp3) is 0.500. The lowest BCUT2D eigenvalue weighted by Gasteiger charge is -2.35. The Morgan fingerprint density at radius 2 is 1.77 bits per heavy atom. The van der Waals surface area contributed by atoms with Crippen LogP contribution in [0.4, 0.5) is 0 Å². The van der Waals surface area contributed by atoms with Crippen molar-refractivity contribution in [3.8, 4) is 11.5 Å². The molecular weight excluding hydrogens is 348 g/mol. The summed E-state index contributed by atoms with van der Waals surface area (Å²) >= 11 is 1.76. The summed E-state index contributed by atoms with van der Waals surface area (Å²) in [5, 5.41) is 10.6. The molecule has 0 spiro atoms. The molecule has 0 radical (unpaired) electrons. The van der Waals surface area contributed by atoms with Crippen LogP contribution in [0, 0.1) is 13.8 Å². The van der Waals surface area contributed by atoms with Crippen LogP contribution >= 0.6 is 11.3 Å². The highest BCUT2D eigenvalue weighted by Gasteiger charge is 2.22. The van der Waals surface area contributed by atoms with Gasteiger partial charge < -0.3 is 14.6 Å². The molecule has 1 atom stereocenters. The predicted octanol–water partition coefficient (Wildman–Crippen LogP) is 2.94. The molecule has 1 fully saturated rings. The average Bonchev–Trinajstić information content (AvgIpc) is 3.22. The maximum atomic E-state index is 10.6. The first-order chi connectivity index (χ1) is 12.6. The van der Waals surface area contributed by atoms with Crippen LogP contribution in [-0.4, -0.2) is 54.4 Å². The molecule has 2 aromatic rings. The zero-order valence-corrected chi connectivity index (χ0v) is 16.2. The number of aliphatic hydroxyl groups excluding tert-OH is 1. The Kier molecular flexibility index (Phi) is 5.18. The molecule has 0 aliphatic carbocycles. The molecule has 0 saturated carbocycles. The number of hydrogen-bond donors (Lipinski definition) is 1. The van der Waals surface area contributed by atoms with Crippen LogP contribution in [0.3, 0.4) is 0 Å². The summed E-state index contributed by atoms with van der Waals surface area (Å²) in [6.07, 6.45) is -0.389. The van der Waals surface area contributed by atoms with E-state index in [1.807, 2.05) is 6.07 Å². The van der Waals surface area contributed by atoms with Gasteiger partial charge in [0.15, 0.2) is 11.5 Å². The number of nitrogens with zero attached hydrogens (tertiary/aromatic N) is 2. The molecule has 26 heavy (non-hydrogen) atoms. The van der Waals surface area contributed by atoms with E-state index in [9.17, 15) is 5.11 Å². The summed E-state index contributed by atoms with van der Waals surface area (Å²) in [4.78, 5) is 7.33. The average molecular weight is 375 g/mol. The summed E-state index contributed by atoms with van der Waals surface area (Å²) in [6.45, 7) is 10.2. The van der Waals surface area contributed by atoms with E-state index in [1.165, 1.54) is 15.3 Å². The van der Waals surface area contributed by atoms with Crippen LogP contribution < -0.4 is 9.47 Å². The molecule has 2 aliphatic heterocycles. The molecule has 1 saturated heterocycles. The van der Waals surface area contributed by atoms with Gasteiger partial charge in [-0.1, -0.05) is 6.07 Å². The first-order valence-corrected chi connectivity index (χ1v) is 9.98. The predicted molar refractivity (Wildman–Crippen MR) is 103 cm³/mol. The van der Waals surface area contributed by atoms with Gasteiger partial charge in [-0.05, 0) is 43.2 Å². The number of benzene rings is 1. The van der Waals surface area contributed by atoms with E-state index < -0.39 is 0 Å². The molecule has 0 amide bonds. The fourth-order valence-corrected chi connectivity index (χ4v) is 4.73. The monoisotopic (exact) mass is 374 g/mol. The number of β-amino-alcohol motifs (C(OH)–C–C–N with tert-alkyl or cyclic N) is 1.